The number of fused-ring (bicyclic) bond motifs is 1. The Labute approximate surface area is 156 Å². The molecule has 0 aromatic heterocycles. The number of aliphatic imine (C=N–C) groups is 1. The summed E-state index contributed by atoms with van der Waals surface area (Å²) in [5, 5.41) is 0.908. The van der Waals surface area contributed by atoms with Gasteiger partial charge < -0.3 is 19.9 Å². The van der Waals surface area contributed by atoms with Crippen LogP contribution in [0.1, 0.15) is 18.6 Å². The minimum Gasteiger partial charge on any atom is -0.493 e. The topological polar surface area (TPSA) is 66.1 Å². The van der Waals surface area contributed by atoms with Gasteiger partial charge in [-0.15, -0.1) is 11.8 Å². The van der Waals surface area contributed by atoms with E-state index in [2.05, 4.69) is 0 Å². The second-order valence-corrected chi connectivity index (χ2v) is 6.76. The first-order valence-electron chi connectivity index (χ1n) is 8.08. The molecule has 0 fully saturated rings. The number of thioether (sulfide) groups is 1. The Balaban J connectivity index is 2.09. The second-order valence-electron chi connectivity index (χ2n) is 5.94. The molecule has 0 amide bonds. The molecule has 2 aromatic carbocycles. The molecule has 0 spiro atoms. The zero-order valence-corrected chi connectivity index (χ0v) is 15.9. The number of anilines is 1. The highest BCUT2D eigenvalue weighted by Gasteiger charge is 2.33. The SMILES string of the molecule is COc1cc2c(cc1OC)[C@@H](Oc1ccc(N)cc1F)C(C)C(SC)=N2. The molecule has 2 N–H and O–H groups in total. The van der Waals surface area contributed by atoms with Crippen LogP contribution in [-0.2, 0) is 0 Å². The van der Waals surface area contributed by atoms with Gasteiger partial charge in [-0.3, -0.25) is 0 Å². The fourth-order valence-electron chi connectivity index (χ4n) is 2.97. The Hall–Kier alpha value is -2.41. The number of methoxy groups -OCH3 is 2. The molecule has 0 radical (unpaired) electrons. The van der Waals surface area contributed by atoms with E-state index in [0.717, 1.165) is 16.3 Å². The zero-order valence-electron chi connectivity index (χ0n) is 15.1. The monoisotopic (exact) mass is 376 g/mol. The summed E-state index contributed by atoms with van der Waals surface area (Å²) in [6, 6.07) is 8.06. The van der Waals surface area contributed by atoms with Crippen molar-refractivity contribution < 1.29 is 18.6 Å². The number of nitrogens with two attached hydrogens (primary N) is 1. The Kier molecular flexibility index (Phi) is 5.27. The maximum Gasteiger partial charge on any atom is 0.167 e. The van der Waals surface area contributed by atoms with Crippen LogP contribution in [0.5, 0.6) is 17.2 Å². The standard InChI is InChI=1S/C19H21FN2O3S/c1-10-18(25-15-6-5-11(21)7-13(15)20)12-8-16(23-2)17(24-3)9-14(12)22-19(10)26-4/h5-10,18H,21H2,1-4H3/t10?,18-/m0/s1. The van der Waals surface area contributed by atoms with Crippen molar-refractivity contribution >= 4 is 28.2 Å². The molecular formula is C19H21FN2O3S. The first-order valence-corrected chi connectivity index (χ1v) is 9.31. The number of hydrogen-bond donors (Lipinski definition) is 1. The number of nitrogens with zero attached hydrogens (tertiary/aromatic N) is 1. The summed E-state index contributed by atoms with van der Waals surface area (Å²) in [5.41, 5.74) is 7.53. The lowest BCUT2D eigenvalue weighted by Crippen LogP contribution is -2.25. The van der Waals surface area contributed by atoms with Crippen LogP contribution >= 0.6 is 11.8 Å². The Morgan fingerprint density at radius 3 is 2.38 bits per heavy atom. The zero-order chi connectivity index (χ0) is 18.8. The van der Waals surface area contributed by atoms with Crippen molar-refractivity contribution in [1.29, 1.82) is 0 Å². The summed E-state index contributed by atoms with van der Waals surface area (Å²) in [4.78, 5) is 4.71. The summed E-state index contributed by atoms with van der Waals surface area (Å²) in [7, 11) is 3.15. The molecule has 1 heterocycles. The van der Waals surface area contributed by atoms with Crippen LogP contribution in [0, 0.1) is 11.7 Å². The summed E-state index contributed by atoms with van der Waals surface area (Å²) < 4.78 is 31.1. The molecule has 5 nitrogen and oxygen atoms in total. The third-order valence-corrected chi connectivity index (χ3v) is 5.21. The van der Waals surface area contributed by atoms with Crippen molar-refractivity contribution in [2.75, 3.05) is 26.2 Å². The Bertz CT molecular complexity index is 857. The molecule has 26 heavy (non-hydrogen) atoms. The highest BCUT2D eigenvalue weighted by atomic mass is 32.2. The predicted molar refractivity (Wildman–Crippen MR) is 104 cm³/mol. The number of nitrogen functional groups attached to an aromatic ring is 1. The van der Waals surface area contributed by atoms with Gasteiger partial charge in [0.25, 0.3) is 0 Å². The van der Waals surface area contributed by atoms with Crippen molar-refractivity contribution in [2.45, 2.75) is 13.0 Å². The van der Waals surface area contributed by atoms with Crippen molar-refractivity contribution in [3.63, 3.8) is 0 Å². The maximum atomic E-state index is 14.3. The van der Waals surface area contributed by atoms with Gasteiger partial charge in [0, 0.05) is 29.3 Å². The number of halogens is 1. The van der Waals surface area contributed by atoms with Crippen molar-refractivity contribution in [3.8, 4) is 17.2 Å². The summed E-state index contributed by atoms with van der Waals surface area (Å²) in [6.45, 7) is 2.01. The molecule has 2 aromatic rings. The molecule has 1 unspecified atom stereocenters. The molecule has 0 saturated heterocycles. The fourth-order valence-corrected chi connectivity index (χ4v) is 3.66. The molecule has 0 aliphatic carbocycles. The molecule has 0 bridgehead atoms. The van der Waals surface area contributed by atoms with Crippen LogP contribution in [0.3, 0.4) is 0 Å². The first-order chi connectivity index (χ1) is 12.5. The van der Waals surface area contributed by atoms with Crippen LogP contribution in [0.15, 0.2) is 35.3 Å². The molecule has 2 atom stereocenters. The van der Waals surface area contributed by atoms with E-state index >= 15 is 0 Å². The minimum absolute atomic E-state index is 0.0486. The van der Waals surface area contributed by atoms with Gasteiger partial charge in [-0.25, -0.2) is 9.38 Å². The van der Waals surface area contributed by atoms with Gasteiger partial charge in [-0.05, 0) is 24.5 Å². The fraction of sp³-hybridized carbons (Fsp3) is 0.316. The third-order valence-electron chi connectivity index (χ3n) is 4.33. The van der Waals surface area contributed by atoms with Crippen molar-refractivity contribution in [3.05, 3.63) is 41.7 Å². The lowest BCUT2D eigenvalue weighted by atomic mass is 9.93. The molecule has 138 valence electrons. The Morgan fingerprint density at radius 1 is 1.08 bits per heavy atom. The van der Waals surface area contributed by atoms with E-state index in [1.165, 1.54) is 6.07 Å². The molecule has 1 aliphatic heterocycles. The molecule has 7 heteroatoms. The average molecular weight is 376 g/mol. The molecule has 1 aliphatic rings. The van der Waals surface area contributed by atoms with E-state index in [1.807, 2.05) is 25.3 Å². The van der Waals surface area contributed by atoms with Gasteiger partial charge in [0.05, 0.1) is 25.0 Å². The third kappa shape index (κ3) is 3.31. The Morgan fingerprint density at radius 2 is 1.77 bits per heavy atom. The largest absolute Gasteiger partial charge is 0.493 e. The van der Waals surface area contributed by atoms with E-state index in [0.29, 0.717) is 17.2 Å². The number of rotatable bonds is 4. The van der Waals surface area contributed by atoms with Gasteiger partial charge in [-0.1, -0.05) is 6.92 Å². The van der Waals surface area contributed by atoms with E-state index in [4.69, 9.17) is 24.9 Å². The van der Waals surface area contributed by atoms with Gasteiger partial charge in [-0.2, -0.15) is 0 Å². The van der Waals surface area contributed by atoms with E-state index in [1.54, 1.807) is 38.1 Å². The number of benzene rings is 2. The van der Waals surface area contributed by atoms with E-state index in [9.17, 15) is 4.39 Å². The van der Waals surface area contributed by atoms with Crippen LogP contribution < -0.4 is 19.9 Å². The highest BCUT2D eigenvalue weighted by molar-refractivity contribution is 8.13. The van der Waals surface area contributed by atoms with Crippen LogP contribution in [0.25, 0.3) is 0 Å². The molecule has 0 saturated carbocycles. The molecular weight excluding hydrogens is 355 g/mol. The lowest BCUT2D eigenvalue weighted by molar-refractivity contribution is 0.166. The smallest absolute Gasteiger partial charge is 0.167 e. The second kappa shape index (κ2) is 7.45. The van der Waals surface area contributed by atoms with Crippen molar-refractivity contribution in [1.82, 2.24) is 0 Å². The summed E-state index contributed by atoms with van der Waals surface area (Å²) >= 11 is 1.55. The van der Waals surface area contributed by atoms with Crippen LogP contribution in [0.2, 0.25) is 0 Å². The van der Waals surface area contributed by atoms with Gasteiger partial charge >= 0.3 is 0 Å². The van der Waals surface area contributed by atoms with Gasteiger partial charge in [0.2, 0.25) is 0 Å². The lowest BCUT2D eigenvalue weighted by Gasteiger charge is -2.31. The van der Waals surface area contributed by atoms with E-state index in [-0.39, 0.29) is 11.7 Å². The maximum absolute atomic E-state index is 14.3. The van der Waals surface area contributed by atoms with Gasteiger partial charge in [0.15, 0.2) is 23.1 Å². The normalized spacial score (nSPS) is 18.7. The number of ether oxygens (including phenoxy) is 3. The first kappa shape index (κ1) is 18.4. The van der Waals surface area contributed by atoms with Crippen LogP contribution in [-0.4, -0.2) is 25.5 Å². The summed E-state index contributed by atoms with van der Waals surface area (Å²) in [6.07, 6.45) is 1.55. The van der Waals surface area contributed by atoms with Crippen LogP contribution in [0.4, 0.5) is 15.8 Å². The predicted octanol–water partition coefficient (Wildman–Crippen LogP) is 4.59. The molecule has 3 rings (SSSR count). The van der Waals surface area contributed by atoms with Crippen molar-refractivity contribution in [2.24, 2.45) is 10.9 Å². The number of hydrogen-bond acceptors (Lipinski definition) is 6. The highest BCUT2D eigenvalue weighted by Crippen LogP contribution is 2.46. The summed E-state index contributed by atoms with van der Waals surface area (Å²) in [5.74, 6) is 0.772. The van der Waals surface area contributed by atoms with E-state index < -0.39 is 11.9 Å². The van der Waals surface area contributed by atoms with Gasteiger partial charge in [0.1, 0.15) is 6.10 Å². The average Bonchev–Trinajstić information content (AvgIpc) is 2.64. The quantitative estimate of drug-likeness (QED) is 0.791. The minimum atomic E-state index is -0.493.